The van der Waals surface area contributed by atoms with Gasteiger partial charge in [0.15, 0.2) is 0 Å². The minimum Gasteiger partial charge on any atom is -0.481 e. The van der Waals surface area contributed by atoms with Crippen molar-refractivity contribution in [3.8, 4) is 0 Å². The standard InChI is InChI=1S/C20H16N2O4.C18H12N2O4.C16H10N2O3.C11H9NO4.C10H12N2O.C8H6N2O6.C8H8N2O.C4H6O3.H4N2.H2O/c1-11(23)21-16-10-12(8-9-15(16)20(2,3)19(21)26)22-17(24)13-6-4-5-7-14(13)18(22)25;1-10(21)19-15-9-12(7-6-11(15)8-16(19)22)20-17(23)13-4-2-3-5-14(13)18(20)24;19-14-7-9-5-6-10(8-13(9)17-14)18-15(20)11-3-1-2-4-12(11)16(18)21;1-2-16-11(15)12-9(13)7-5-3-4-6-8(7)10(12)14;1-10(2)7-4-3-6(11)5-8(7)12-9(10)13;11-8(12)3-5-1-2-6(9(13)14)4-7(5)10(15)16;9-6-2-1-5-3-8(11)10-7(5)4-6;1-3(5)7-4(2)6;1-2;/h4-10H,1-3H3;2-7,9H,8H2,1H3;1-6,8H,7H2,(H,17,19);3-6H,2H2,1H3;3-5H,11H2,1-2H3,(H,12,13);1-2,4H,3H2,(H,11,12);1-2,4H,3,9H2,(H,10,11);1-2H3;1-2H2;1H2. The van der Waals surface area contributed by atoms with Crippen molar-refractivity contribution >= 4 is 181 Å². The maximum absolute atomic E-state index is 12.7. The second-order valence-electron chi connectivity index (χ2n) is 31.5. The molecule has 0 saturated heterocycles. The van der Waals surface area contributed by atoms with Crippen LogP contribution in [-0.2, 0) is 93.9 Å². The Morgan fingerprint density at radius 3 is 1.20 bits per heavy atom. The summed E-state index contributed by atoms with van der Waals surface area (Å²) >= 11 is 0. The number of benzene rings is 10. The lowest BCUT2D eigenvalue weighted by Gasteiger charge is -2.18. The first-order valence-corrected chi connectivity index (χ1v) is 40.9. The Kier molecular flexibility index (Phi) is 30.6. The molecule has 0 radical (unpaired) electrons. The molecule has 0 aromatic heterocycles. The number of hydrogen-bond acceptors (Lipinski definition) is 29. The molecule has 0 fully saturated rings. The Balaban J connectivity index is 0.000000165. The summed E-state index contributed by atoms with van der Waals surface area (Å²) < 4.78 is 8.62. The molecule has 0 spiro atoms. The van der Waals surface area contributed by atoms with Crippen LogP contribution in [0.3, 0.4) is 0 Å². The molecule has 0 bridgehead atoms. The third-order valence-electron chi connectivity index (χ3n) is 21.7. The van der Waals surface area contributed by atoms with Crippen LogP contribution in [0.5, 0.6) is 0 Å². The highest BCUT2D eigenvalue weighted by molar-refractivity contribution is 6.37. The molecule has 9 aliphatic rings. The number of non-ortho nitro benzene ring substituents is 1. The molecule has 42 heteroatoms. The third kappa shape index (κ3) is 20.9. The lowest BCUT2D eigenvalue weighted by molar-refractivity contribution is -0.394. The number of carboxylic acids is 1. The van der Waals surface area contributed by atoms with E-state index >= 15 is 0 Å². The number of nitro groups is 2. The maximum atomic E-state index is 12.7. The Labute approximate surface area is 776 Å². The molecule has 0 aliphatic carbocycles. The summed E-state index contributed by atoms with van der Waals surface area (Å²) in [5, 5.41) is 37.7. The number of anilines is 10. The van der Waals surface area contributed by atoms with Crippen molar-refractivity contribution in [2.24, 2.45) is 11.7 Å². The summed E-state index contributed by atoms with van der Waals surface area (Å²) in [4.78, 5) is 248. The highest BCUT2D eigenvalue weighted by Crippen LogP contribution is 2.46. The monoisotopic (exact) mass is 1870 g/mol. The smallest absolute Gasteiger partial charge is 0.424 e. The number of carbonyl (C=O) groups is 19. The van der Waals surface area contributed by atoms with E-state index in [0.717, 1.165) is 70.8 Å². The number of nitrogens with one attached hydrogen (secondary N) is 3. The lowest BCUT2D eigenvalue weighted by Crippen LogP contribution is -2.39. The lowest BCUT2D eigenvalue weighted by atomic mass is 9.86. The predicted octanol–water partition coefficient (Wildman–Crippen LogP) is 9.48. The fourth-order valence-electron chi connectivity index (χ4n) is 15.3. The van der Waals surface area contributed by atoms with Gasteiger partial charge in [-0.3, -0.25) is 123 Å². The molecule has 0 unspecified atom stereocenters. The second kappa shape index (κ2) is 41.5. The van der Waals surface area contributed by atoms with Gasteiger partial charge in [0.25, 0.3) is 58.6 Å². The first kappa shape index (κ1) is 101. The van der Waals surface area contributed by atoms with Crippen LogP contribution >= 0.6 is 0 Å². The first-order valence-electron chi connectivity index (χ1n) is 40.9. The zero-order chi connectivity index (χ0) is 99.7. The topological polar surface area (TPSA) is 640 Å². The van der Waals surface area contributed by atoms with Gasteiger partial charge < -0.3 is 47.5 Å². The number of aliphatic carboxylic acids is 1. The minimum atomic E-state index is -1.24. The van der Waals surface area contributed by atoms with Crippen LogP contribution in [0.25, 0.3) is 0 Å². The largest absolute Gasteiger partial charge is 0.481 e. The zero-order valence-electron chi connectivity index (χ0n) is 74.2. The van der Waals surface area contributed by atoms with Gasteiger partial charge in [-0.1, -0.05) is 78.9 Å². The van der Waals surface area contributed by atoms with Crippen molar-refractivity contribution in [3.05, 3.63) is 304 Å². The SMILES string of the molecule is CC(=O)N1C(=O)C(C)(C)c2ccc(N3C(=O)c4ccccc4C3=O)cc21.CC(=O)N1C(=O)Cc2ccc(N3C(=O)c4ccccc4C3=O)cc21.CC(=O)OC(C)=O.CC1(C)C(=O)Nc2cc(N)ccc21.CCOC(=O)N1C(=O)c2ccccc2C1=O.NN.Nc1ccc2c(c1)NC(=O)C2.O.O=C(O)Cc1ccc([N+](=O)[O-])cc1[N+](=O)[O-].O=C1Cc2ccc(N3C(=O)c4ccccc4C3=O)cc2N1. The van der Waals surface area contributed by atoms with E-state index < -0.39 is 110 Å². The molecule has 702 valence electrons. The number of amides is 16. The van der Waals surface area contributed by atoms with Gasteiger partial charge in [-0.25, -0.2) is 24.4 Å². The summed E-state index contributed by atoms with van der Waals surface area (Å²) in [5.41, 5.74) is 21.5. The van der Waals surface area contributed by atoms with Crippen LogP contribution in [0.1, 0.15) is 179 Å². The van der Waals surface area contributed by atoms with Gasteiger partial charge in [-0.15, -0.1) is 0 Å². The zero-order valence-corrected chi connectivity index (χ0v) is 74.2. The van der Waals surface area contributed by atoms with E-state index in [1.165, 1.54) is 39.8 Å². The molecular weight excluding hydrogens is 1780 g/mol. The van der Waals surface area contributed by atoms with Crippen LogP contribution in [0, 0.1) is 20.2 Å². The quantitative estimate of drug-likeness (QED) is 0.0133. The number of fused-ring (bicyclic) bond motifs is 9. The molecule has 0 saturated carbocycles. The van der Waals surface area contributed by atoms with Gasteiger partial charge in [-0.2, -0.15) is 4.90 Å². The molecule has 10 aromatic carbocycles. The summed E-state index contributed by atoms with van der Waals surface area (Å²) in [6, 6.07) is 55.0. The van der Waals surface area contributed by atoms with Gasteiger partial charge in [0.2, 0.25) is 41.4 Å². The van der Waals surface area contributed by atoms with Crippen LogP contribution < -0.4 is 63.6 Å². The van der Waals surface area contributed by atoms with E-state index in [4.69, 9.17) is 16.6 Å². The number of rotatable bonds is 8. The summed E-state index contributed by atoms with van der Waals surface area (Å²) in [6.45, 7) is 14.0. The van der Waals surface area contributed by atoms with Gasteiger partial charge in [0.1, 0.15) is 0 Å². The van der Waals surface area contributed by atoms with Crippen molar-refractivity contribution in [3.63, 3.8) is 0 Å². The van der Waals surface area contributed by atoms with E-state index in [1.54, 1.807) is 178 Å². The summed E-state index contributed by atoms with van der Waals surface area (Å²) in [6.07, 6.45) is -0.521. The normalized spacial score (nSPS) is 14.6. The maximum Gasteiger partial charge on any atom is 0.424 e. The predicted molar refractivity (Wildman–Crippen MR) is 493 cm³/mol. The fraction of sp³-hybridized carbons (Fsp3) is 0.168. The van der Waals surface area contributed by atoms with Crippen molar-refractivity contribution in [2.75, 3.05) is 58.5 Å². The number of imide groups is 8. The highest BCUT2D eigenvalue weighted by Gasteiger charge is 2.48. The molecule has 10 aromatic rings. The molecule has 19 rings (SSSR count). The molecule has 0 atom stereocenters. The van der Waals surface area contributed by atoms with Crippen molar-refractivity contribution in [2.45, 2.75) is 98.8 Å². The van der Waals surface area contributed by atoms with Crippen molar-refractivity contribution in [1.82, 2.24) is 4.90 Å². The van der Waals surface area contributed by atoms with Gasteiger partial charge in [0.05, 0.1) is 132 Å². The number of carboxylic acid groups (broad SMARTS) is 1. The number of esters is 2. The van der Waals surface area contributed by atoms with Crippen molar-refractivity contribution < 1.29 is 121 Å². The number of nitrogens with two attached hydrogens (primary N) is 4. The molecule has 9 aliphatic heterocycles. The number of nitrogen functional groups attached to an aromatic ring is 2. The molecule has 14 N–H and O–H groups in total. The van der Waals surface area contributed by atoms with E-state index in [2.05, 4.69) is 37.1 Å². The van der Waals surface area contributed by atoms with Gasteiger partial charge >= 0.3 is 24.0 Å². The van der Waals surface area contributed by atoms with Gasteiger partial charge in [-0.05, 0) is 178 Å². The van der Waals surface area contributed by atoms with E-state index in [9.17, 15) is 111 Å². The van der Waals surface area contributed by atoms with Crippen LogP contribution in [0.4, 0.5) is 73.0 Å². The molecule has 137 heavy (non-hydrogen) atoms. The van der Waals surface area contributed by atoms with Crippen molar-refractivity contribution in [1.29, 1.82) is 0 Å². The Morgan fingerprint density at radius 2 is 0.803 bits per heavy atom. The second-order valence-corrected chi connectivity index (χ2v) is 31.5. The fourth-order valence-corrected chi connectivity index (χ4v) is 15.3. The highest BCUT2D eigenvalue weighted by atomic mass is 16.6. The average molecular weight is 1870 g/mol. The first-order chi connectivity index (χ1) is 64.4. The molecule has 42 nitrogen and oxygen atoms in total. The summed E-state index contributed by atoms with van der Waals surface area (Å²) in [5.74, 6) is 0.657. The minimum absolute atomic E-state index is 0. The van der Waals surface area contributed by atoms with Gasteiger partial charge in [0, 0.05) is 67.8 Å². The van der Waals surface area contributed by atoms with Crippen LogP contribution in [-0.4, -0.2) is 145 Å². The number of carbonyl (C=O) groups excluding carboxylic acids is 18. The van der Waals surface area contributed by atoms with Crippen LogP contribution in [0.2, 0.25) is 0 Å². The third-order valence-corrected chi connectivity index (χ3v) is 21.7. The van der Waals surface area contributed by atoms with E-state index in [1.807, 2.05) is 32.0 Å². The Morgan fingerprint density at radius 1 is 0.423 bits per heavy atom. The van der Waals surface area contributed by atoms with E-state index in [0.29, 0.717) is 108 Å². The van der Waals surface area contributed by atoms with E-state index in [-0.39, 0.29) is 76.5 Å². The number of hydrazine groups is 1. The number of nitrogens with zero attached hydrogens (tertiary/aromatic N) is 8. The number of hydrogen-bond donors (Lipinski definition) is 8. The Hall–Kier alpha value is -18.2. The molecular formula is C95H85N15O27. The number of ether oxygens (including phenoxy) is 2. The Bertz CT molecular complexity index is 6690. The molecule has 9 heterocycles. The van der Waals surface area contributed by atoms with Crippen LogP contribution in [0.15, 0.2) is 206 Å². The summed E-state index contributed by atoms with van der Waals surface area (Å²) in [7, 11) is 0. The molecule has 16 amide bonds. The average Bonchev–Trinajstić information content (AvgIpc) is 1.56. The number of nitro benzene ring substituents is 2.